The molecule has 0 aliphatic rings. The number of benzene rings is 1. The number of hydrogen-bond acceptors (Lipinski definition) is 4. The van der Waals surface area contributed by atoms with Crippen LogP contribution in [0.3, 0.4) is 0 Å². The second kappa shape index (κ2) is 7.59. The van der Waals surface area contributed by atoms with E-state index in [0.29, 0.717) is 17.0 Å². The fraction of sp³-hybridized carbons (Fsp3) is 0.278. The number of anilines is 1. The van der Waals surface area contributed by atoms with Crippen LogP contribution in [0.15, 0.2) is 42.6 Å². The van der Waals surface area contributed by atoms with Crippen molar-refractivity contribution in [2.75, 3.05) is 5.32 Å². The van der Waals surface area contributed by atoms with Crippen LogP contribution in [0, 0.1) is 0 Å². The zero-order valence-corrected chi connectivity index (χ0v) is 13.8. The first-order valence-corrected chi connectivity index (χ1v) is 7.64. The van der Waals surface area contributed by atoms with Crippen molar-refractivity contribution < 1.29 is 19.4 Å². The molecule has 1 amide bonds. The number of pyridine rings is 1. The Morgan fingerprint density at radius 3 is 2.58 bits per heavy atom. The van der Waals surface area contributed by atoms with Gasteiger partial charge in [-0.3, -0.25) is 9.59 Å². The Bertz CT molecular complexity index is 743. The molecule has 1 aromatic carbocycles. The van der Waals surface area contributed by atoms with E-state index in [1.807, 2.05) is 13.8 Å². The van der Waals surface area contributed by atoms with Crippen molar-refractivity contribution in [3.8, 4) is 5.75 Å². The van der Waals surface area contributed by atoms with Crippen molar-refractivity contribution in [2.45, 2.75) is 32.8 Å². The zero-order chi connectivity index (χ0) is 17.7. The van der Waals surface area contributed by atoms with Gasteiger partial charge in [-0.15, -0.1) is 0 Å². The maximum Gasteiger partial charge on any atom is 0.310 e. The highest BCUT2D eigenvalue weighted by molar-refractivity contribution is 6.04. The standard InChI is InChI=1S/C18H20N2O4/c1-11(2)24-15-8-5-9-19-16(15)17(21)20-14-7-4-6-13(10-14)12(3)18(22)23/h4-12H,1-3H3,(H,20,21)(H,22,23). The lowest BCUT2D eigenvalue weighted by Gasteiger charge is -2.14. The highest BCUT2D eigenvalue weighted by Gasteiger charge is 2.17. The van der Waals surface area contributed by atoms with Crippen LogP contribution in [0.5, 0.6) is 5.75 Å². The molecule has 0 saturated carbocycles. The van der Waals surface area contributed by atoms with Gasteiger partial charge in [0.1, 0.15) is 0 Å². The maximum absolute atomic E-state index is 12.5. The van der Waals surface area contributed by atoms with E-state index in [1.165, 1.54) is 6.20 Å². The smallest absolute Gasteiger partial charge is 0.310 e. The van der Waals surface area contributed by atoms with Gasteiger partial charge in [0.15, 0.2) is 11.4 Å². The summed E-state index contributed by atoms with van der Waals surface area (Å²) in [5, 5.41) is 11.8. The van der Waals surface area contributed by atoms with Crippen molar-refractivity contribution in [1.29, 1.82) is 0 Å². The summed E-state index contributed by atoms with van der Waals surface area (Å²) in [7, 11) is 0. The number of aliphatic carboxylic acids is 1. The Hall–Kier alpha value is -2.89. The number of aromatic nitrogens is 1. The lowest BCUT2D eigenvalue weighted by molar-refractivity contribution is -0.138. The van der Waals surface area contributed by atoms with Gasteiger partial charge in [0.2, 0.25) is 0 Å². The number of rotatable bonds is 6. The van der Waals surface area contributed by atoms with Crippen LogP contribution < -0.4 is 10.1 Å². The third kappa shape index (κ3) is 4.32. The fourth-order valence-electron chi connectivity index (χ4n) is 2.13. The first kappa shape index (κ1) is 17.5. The first-order valence-electron chi connectivity index (χ1n) is 7.64. The number of carboxylic acids is 1. The van der Waals surface area contributed by atoms with E-state index >= 15 is 0 Å². The highest BCUT2D eigenvalue weighted by Crippen LogP contribution is 2.22. The lowest BCUT2D eigenvalue weighted by atomic mass is 10.0. The van der Waals surface area contributed by atoms with Crippen molar-refractivity contribution in [2.24, 2.45) is 0 Å². The molecule has 24 heavy (non-hydrogen) atoms. The van der Waals surface area contributed by atoms with Crippen molar-refractivity contribution in [1.82, 2.24) is 4.98 Å². The number of ether oxygens (including phenoxy) is 1. The average Bonchev–Trinajstić information content (AvgIpc) is 2.54. The van der Waals surface area contributed by atoms with Gasteiger partial charge in [-0.1, -0.05) is 12.1 Å². The molecule has 2 aromatic rings. The molecule has 0 radical (unpaired) electrons. The van der Waals surface area contributed by atoms with Gasteiger partial charge in [0, 0.05) is 11.9 Å². The topological polar surface area (TPSA) is 88.5 Å². The monoisotopic (exact) mass is 328 g/mol. The molecule has 1 unspecified atom stereocenters. The fourth-order valence-corrected chi connectivity index (χ4v) is 2.13. The summed E-state index contributed by atoms with van der Waals surface area (Å²) < 4.78 is 5.60. The zero-order valence-electron chi connectivity index (χ0n) is 13.8. The lowest BCUT2D eigenvalue weighted by Crippen LogP contribution is -2.17. The normalized spacial score (nSPS) is 11.8. The average molecular weight is 328 g/mol. The number of nitrogens with zero attached hydrogens (tertiary/aromatic N) is 1. The van der Waals surface area contributed by atoms with Gasteiger partial charge in [-0.25, -0.2) is 4.98 Å². The third-order valence-corrected chi connectivity index (χ3v) is 3.36. The van der Waals surface area contributed by atoms with E-state index in [2.05, 4.69) is 10.3 Å². The Balaban J connectivity index is 2.22. The Morgan fingerprint density at radius 2 is 1.92 bits per heavy atom. The molecular weight excluding hydrogens is 308 g/mol. The Morgan fingerprint density at radius 1 is 1.17 bits per heavy atom. The molecule has 126 valence electrons. The minimum atomic E-state index is -0.921. The molecule has 6 nitrogen and oxygen atoms in total. The molecule has 0 aliphatic heterocycles. The molecule has 1 atom stereocenters. The van der Waals surface area contributed by atoms with Gasteiger partial charge < -0.3 is 15.2 Å². The number of amides is 1. The molecule has 0 spiro atoms. The summed E-state index contributed by atoms with van der Waals surface area (Å²) in [6, 6.07) is 10.1. The summed E-state index contributed by atoms with van der Waals surface area (Å²) in [5.74, 6) is -1.58. The number of carbonyl (C=O) groups is 2. The van der Waals surface area contributed by atoms with E-state index in [-0.39, 0.29) is 11.8 Å². The van der Waals surface area contributed by atoms with Gasteiger partial charge in [-0.05, 0) is 50.6 Å². The van der Waals surface area contributed by atoms with E-state index in [1.54, 1.807) is 43.3 Å². The van der Waals surface area contributed by atoms with Gasteiger partial charge in [0.05, 0.1) is 12.0 Å². The SMILES string of the molecule is CC(C)Oc1cccnc1C(=O)Nc1cccc(C(C)C(=O)O)c1. The highest BCUT2D eigenvalue weighted by atomic mass is 16.5. The van der Waals surface area contributed by atoms with Crippen LogP contribution >= 0.6 is 0 Å². The van der Waals surface area contributed by atoms with Crippen LogP contribution in [0.4, 0.5) is 5.69 Å². The summed E-state index contributed by atoms with van der Waals surface area (Å²) in [4.78, 5) is 27.6. The second-order valence-corrected chi connectivity index (χ2v) is 5.66. The minimum Gasteiger partial charge on any atom is -0.489 e. The van der Waals surface area contributed by atoms with Gasteiger partial charge in [0.25, 0.3) is 5.91 Å². The predicted octanol–water partition coefficient (Wildman–Crippen LogP) is 3.31. The van der Waals surface area contributed by atoms with Gasteiger partial charge in [-0.2, -0.15) is 0 Å². The summed E-state index contributed by atoms with van der Waals surface area (Å²) >= 11 is 0. The molecule has 1 aromatic heterocycles. The summed E-state index contributed by atoms with van der Waals surface area (Å²) in [6.45, 7) is 5.33. The molecular formula is C18H20N2O4. The molecule has 2 rings (SSSR count). The van der Waals surface area contributed by atoms with Gasteiger partial charge >= 0.3 is 5.97 Å². The van der Waals surface area contributed by atoms with Crippen molar-refractivity contribution in [3.63, 3.8) is 0 Å². The van der Waals surface area contributed by atoms with E-state index in [0.717, 1.165) is 0 Å². The Kier molecular flexibility index (Phi) is 5.52. The number of nitrogens with one attached hydrogen (secondary N) is 1. The first-order chi connectivity index (χ1) is 11.4. The third-order valence-electron chi connectivity index (χ3n) is 3.36. The minimum absolute atomic E-state index is 0.0829. The summed E-state index contributed by atoms with van der Waals surface area (Å²) in [6.07, 6.45) is 1.44. The molecule has 0 aliphatic carbocycles. The van der Waals surface area contributed by atoms with Crippen LogP contribution in [0.25, 0.3) is 0 Å². The van der Waals surface area contributed by atoms with Crippen LogP contribution in [0.1, 0.15) is 42.7 Å². The number of carboxylic acid groups (broad SMARTS) is 1. The second-order valence-electron chi connectivity index (χ2n) is 5.66. The number of carbonyl (C=O) groups excluding carboxylic acids is 1. The molecule has 0 bridgehead atoms. The van der Waals surface area contributed by atoms with Crippen LogP contribution in [-0.4, -0.2) is 28.1 Å². The molecule has 1 heterocycles. The Labute approximate surface area is 140 Å². The summed E-state index contributed by atoms with van der Waals surface area (Å²) in [5.41, 5.74) is 1.30. The molecule has 6 heteroatoms. The molecule has 0 saturated heterocycles. The van der Waals surface area contributed by atoms with E-state index < -0.39 is 17.8 Å². The largest absolute Gasteiger partial charge is 0.489 e. The van der Waals surface area contributed by atoms with Crippen molar-refractivity contribution in [3.05, 3.63) is 53.9 Å². The van der Waals surface area contributed by atoms with Crippen LogP contribution in [0.2, 0.25) is 0 Å². The van der Waals surface area contributed by atoms with Crippen LogP contribution in [-0.2, 0) is 4.79 Å². The quantitative estimate of drug-likeness (QED) is 0.849. The number of hydrogen-bond donors (Lipinski definition) is 2. The van der Waals surface area contributed by atoms with E-state index in [4.69, 9.17) is 9.84 Å². The van der Waals surface area contributed by atoms with Crippen molar-refractivity contribution >= 4 is 17.6 Å². The van der Waals surface area contributed by atoms with E-state index in [9.17, 15) is 9.59 Å². The predicted molar refractivity (Wildman–Crippen MR) is 90.4 cm³/mol. The maximum atomic E-state index is 12.5. The molecule has 2 N–H and O–H groups in total. The molecule has 0 fully saturated rings.